The van der Waals surface area contributed by atoms with Crippen LogP contribution >= 0.6 is 11.6 Å². The van der Waals surface area contributed by atoms with Crippen LogP contribution in [0.4, 0.5) is 5.69 Å². The lowest BCUT2D eigenvalue weighted by atomic mass is 10.1. The van der Waals surface area contributed by atoms with Crippen LogP contribution in [0.2, 0.25) is 5.02 Å². The first-order valence-corrected chi connectivity index (χ1v) is 11.5. The van der Waals surface area contributed by atoms with Gasteiger partial charge in [0.15, 0.2) is 6.29 Å². The molecule has 9 heteroatoms. The summed E-state index contributed by atoms with van der Waals surface area (Å²) in [6.45, 7) is 7.72. The van der Waals surface area contributed by atoms with Gasteiger partial charge in [0.2, 0.25) is 9.84 Å². The zero-order valence-corrected chi connectivity index (χ0v) is 19.4. The highest BCUT2D eigenvalue weighted by atomic mass is 35.5. The van der Waals surface area contributed by atoms with Crippen LogP contribution in [-0.4, -0.2) is 27.7 Å². The predicted molar refractivity (Wildman–Crippen MR) is 118 cm³/mol. The fourth-order valence-electron chi connectivity index (χ4n) is 2.58. The molecule has 0 radical (unpaired) electrons. The number of carbonyl (C=O) groups is 1. The standard InChI is InChI=1S/C19H23ClN2O5S.C2H6/c1-4-6-16(26-3)27-22-19(23)17-14(20)9-10-15(18(17)21)28(24,25)13-8-5-7-12(2)11-13;1-2/h5,7-11,16H,4,6,21H2,1-3H3,(H,22,23);1-2H3. The maximum Gasteiger partial charge on any atom is 0.278 e. The van der Waals surface area contributed by atoms with E-state index in [4.69, 9.17) is 26.9 Å². The minimum atomic E-state index is -3.94. The summed E-state index contributed by atoms with van der Waals surface area (Å²) in [7, 11) is -2.49. The number of nitrogens with two attached hydrogens (primary N) is 1. The molecule has 2 rings (SSSR count). The molecule has 7 nitrogen and oxygen atoms in total. The van der Waals surface area contributed by atoms with Crippen LogP contribution in [0.5, 0.6) is 0 Å². The molecule has 1 unspecified atom stereocenters. The molecule has 0 aliphatic rings. The lowest BCUT2D eigenvalue weighted by Crippen LogP contribution is -2.31. The molecule has 3 N–H and O–H groups in total. The predicted octanol–water partition coefficient (Wildman–Crippen LogP) is 4.52. The summed E-state index contributed by atoms with van der Waals surface area (Å²) >= 11 is 6.11. The van der Waals surface area contributed by atoms with E-state index < -0.39 is 22.0 Å². The van der Waals surface area contributed by atoms with E-state index in [2.05, 4.69) is 5.48 Å². The van der Waals surface area contributed by atoms with Gasteiger partial charge in [-0.15, -0.1) is 0 Å². The molecule has 30 heavy (non-hydrogen) atoms. The number of hydrogen-bond donors (Lipinski definition) is 2. The summed E-state index contributed by atoms with van der Waals surface area (Å²) in [5.41, 5.74) is 8.60. The SMILES string of the molecule is CC.CCCC(OC)ONC(=O)c1c(Cl)ccc(S(=O)(=O)c2cccc(C)c2)c1N. The Balaban J connectivity index is 0.00000218. The number of nitrogen functional groups attached to an aromatic ring is 1. The van der Waals surface area contributed by atoms with Crippen molar-refractivity contribution < 1.29 is 22.8 Å². The average Bonchev–Trinajstić information content (AvgIpc) is 2.72. The normalized spacial score (nSPS) is 11.9. The Kier molecular flexibility index (Phi) is 10.3. The zero-order valence-electron chi connectivity index (χ0n) is 17.9. The van der Waals surface area contributed by atoms with E-state index in [1.165, 1.54) is 31.4 Å². The number of nitrogens with one attached hydrogen (secondary N) is 1. The highest BCUT2D eigenvalue weighted by molar-refractivity contribution is 7.91. The summed E-state index contributed by atoms with van der Waals surface area (Å²) in [4.78, 5) is 17.6. The van der Waals surface area contributed by atoms with Crippen LogP contribution in [0.1, 0.15) is 49.5 Å². The second kappa shape index (κ2) is 11.9. The van der Waals surface area contributed by atoms with Crippen molar-refractivity contribution >= 4 is 33.0 Å². The Labute approximate surface area is 183 Å². The maximum absolute atomic E-state index is 13.0. The monoisotopic (exact) mass is 456 g/mol. The van der Waals surface area contributed by atoms with Gasteiger partial charge in [-0.1, -0.05) is 50.9 Å². The highest BCUT2D eigenvalue weighted by Crippen LogP contribution is 2.32. The van der Waals surface area contributed by atoms with E-state index in [-0.39, 0.29) is 26.1 Å². The van der Waals surface area contributed by atoms with Gasteiger partial charge in [-0.25, -0.2) is 18.7 Å². The number of carbonyl (C=O) groups excluding carboxylic acids is 1. The second-order valence-corrected chi connectivity index (χ2v) is 8.48. The Morgan fingerprint density at radius 2 is 1.90 bits per heavy atom. The van der Waals surface area contributed by atoms with Crippen molar-refractivity contribution in [3.05, 3.63) is 52.5 Å². The smallest absolute Gasteiger partial charge is 0.278 e. The number of hydroxylamine groups is 1. The number of amides is 1. The Morgan fingerprint density at radius 3 is 2.47 bits per heavy atom. The first-order valence-electron chi connectivity index (χ1n) is 9.60. The molecule has 0 aliphatic carbocycles. The number of sulfone groups is 1. The molecule has 0 saturated carbocycles. The minimum absolute atomic E-state index is 0.00579. The van der Waals surface area contributed by atoms with Crippen molar-refractivity contribution in [3.8, 4) is 0 Å². The number of methoxy groups -OCH3 is 1. The van der Waals surface area contributed by atoms with Gasteiger partial charge < -0.3 is 10.5 Å². The fraction of sp³-hybridized carbons (Fsp3) is 0.381. The zero-order chi connectivity index (χ0) is 22.9. The van der Waals surface area contributed by atoms with Crippen molar-refractivity contribution in [1.82, 2.24) is 5.48 Å². The molecule has 0 bridgehead atoms. The molecule has 0 heterocycles. The van der Waals surface area contributed by atoms with Crippen molar-refractivity contribution in [2.24, 2.45) is 0 Å². The van der Waals surface area contributed by atoms with Crippen LogP contribution in [0.25, 0.3) is 0 Å². The van der Waals surface area contributed by atoms with Crippen LogP contribution < -0.4 is 11.2 Å². The molecule has 2 aromatic rings. The lowest BCUT2D eigenvalue weighted by molar-refractivity contribution is -0.157. The number of hydrogen-bond acceptors (Lipinski definition) is 6. The molecule has 0 fully saturated rings. The second-order valence-electron chi connectivity index (χ2n) is 6.16. The molecule has 0 aliphatic heterocycles. The molecule has 0 spiro atoms. The molecular weight excluding hydrogens is 428 g/mol. The van der Waals surface area contributed by atoms with Crippen molar-refractivity contribution in [3.63, 3.8) is 0 Å². The first kappa shape index (κ1) is 25.9. The Morgan fingerprint density at radius 1 is 1.23 bits per heavy atom. The third-order valence-electron chi connectivity index (χ3n) is 4.04. The van der Waals surface area contributed by atoms with Gasteiger partial charge >= 0.3 is 0 Å². The molecule has 0 saturated heterocycles. The quantitative estimate of drug-likeness (QED) is 0.343. The fourth-order valence-corrected chi connectivity index (χ4v) is 4.32. The number of rotatable bonds is 8. The Hall–Kier alpha value is -2.13. The summed E-state index contributed by atoms with van der Waals surface area (Å²) in [6, 6.07) is 9.00. The van der Waals surface area contributed by atoms with E-state index in [1.54, 1.807) is 19.1 Å². The number of halogens is 1. The third-order valence-corrected chi connectivity index (χ3v) is 6.17. The van der Waals surface area contributed by atoms with E-state index in [9.17, 15) is 13.2 Å². The molecular formula is C21H29ClN2O5S. The number of anilines is 1. The topological polar surface area (TPSA) is 108 Å². The van der Waals surface area contributed by atoms with E-state index in [0.717, 1.165) is 12.0 Å². The van der Waals surface area contributed by atoms with Crippen molar-refractivity contribution in [1.29, 1.82) is 0 Å². The number of aryl methyl sites for hydroxylation is 1. The van der Waals surface area contributed by atoms with Gasteiger partial charge in [0, 0.05) is 13.5 Å². The van der Waals surface area contributed by atoms with Gasteiger partial charge in [-0.05, 0) is 36.8 Å². The number of benzene rings is 2. The number of ether oxygens (including phenoxy) is 1. The van der Waals surface area contributed by atoms with E-state index in [0.29, 0.717) is 6.42 Å². The molecule has 166 valence electrons. The lowest BCUT2D eigenvalue weighted by Gasteiger charge is -2.17. The summed E-state index contributed by atoms with van der Waals surface area (Å²) in [5.74, 6) is -0.762. The van der Waals surface area contributed by atoms with Gasteiger partial charge in [0.05, 0.1) is 26.1 Å². The largest absolute Gasteiger partial charge is 0.397 e. The van der Waals surface area contributed by atoms with Crippen LogP contribution in [0.3, 0.4) is 0 Å². The van der Waals surface area contributed by atoms with Crippen LogP contribution in [0.15, 0.2) is 46.2 Å². The van der Waals surface area contributed by atoms with Gasteiger partial charge in [-0.3, -0.25) is 4.79 Å². The first-order chi connectivity index (χ1) is 14.2. The summed E-state index contributed by atoms with van der Waals surface area (Å²) in [6.07, 6.45) is 0.691. The van der Waals surface area contributed by atoms with Crippen LogP contribution in [-0.2, 0) is 19.4 Å². The molecule has 0 aromatic heterocycles. The van der Waals surface area contributed by atoms with Gasteiger partial charge in [-0.2, -0.15) is 0 Å². The molecule has 2 aromatic carbocycles. The highest BCUT2D eigenvalue weighted by Gasteiger charge is 2.26. The molecule has 1 atom stereocenters. The third kappa shape index (κ3) is 6.18. The van der Waals surface area contributed by atoms with Crippen molar-refractivity contribution in [2.75, 3.05) is 12.8 Å². The Bertz CT molecular complexity index is 964. The van der Waals surface area contributed by atoms with Crippen LogP contribution in [0, 0.1) is 6.92 Å². The minimum Gasteiger partial charge on any atom is -0.397 e. The van der Waals surface area contributed by atoms with Gasteiger partial charge in [0.1, 0.15) is 0 Å². The van der Waals surface area contributed by atoms with E-state index in [1.807, 2.05) is 20.8 Å². The summed E-state index contributed by atoms with van der Waals surface area (Å²) < 4.78 is 31.1. The summed E-state index contributed by atoms with van der Waals surface area (Å²) in [5, 5.41) is 0.00579. The van der Waals surface area contributed by atoms with E-state index >= 15 is 0 Å². The molecule has 1 amide bonds. The average molecular weight is 457 g/mol. The maximum atomic E-state index is 13.0. The van der Waals surface area contributed by atoms with Gasteiger partial charge in [0.25, 0.3) is 5.91 Å². The van der Waals surface area contributed by atoms with Crippen molar-refractivity contribution in [2.45, 2.75) is 56.6 Å².